The third kappa shape index (κ3) is 6.73. The molecule has 10 aromatic rings. The van der Waals surface area contributed by atoms with Crippen LogP contribution in [0.25, 0.3) is 55.4 Å². The van der Waals surface area contributed by atoms with Crippen LogP contribution in [0, 0.1) is 27.7 Å². The van der Waals surface area contributed by atoms with Gasteiger partial charge in [-0.1, -0.05) is 129 Å². The predicted molar refractivity (Wildman–Crippen MR) is 296 cm³/mol. The van der Waals surface area contributed by atoms with Gasteiger partial charge in [0.15, 0.2) is 0 Å². The Bertz CT molecular complexity index is 3720. The first-order valence-electron chi connectivity index (χ1n) is 24.9. The topological polar surface area (TPSA) is 45.9 Å². The van der Waals surface area contributed by atoms with Crippen LogP contribution in [0.4, 0.5) is 34.3 Å². The van der Waals surface area contributed by atoms with Crippen molar-refractivity contribution in [3.63, 3.8) is 0 Å². The van der Waals surface area contributed by atoms with Crippen LogP contribution in [0.2, 0.25) is 0 Å². The molecule has 2 aliphatic heterocycles. The van der Waals surface area contributed by atoms with Crippen molar-refractivity contribution in [3.8, 4) is 22.5 Å². The summed E-state index contributed by atoms with van der Waals surface area (Å²) >= 11 is 0. The molecular weight excluding hydrogens is 856 g/mol. The Hall–Kier alpha value is -7.18. The van der Waals surface area contributed by atoms with E-state index in [0.29, 0.717) is 0 Å². The van der Waals surface area contributed by atoms with Gasteiger partial charge in [-0.25, -0.2) is 0 Å². The SMILES string of the molecule is Cc1cc(C(C)(C)C)cc(C)c1N1c2cc(-c3coc4ccccc34)ccc2B2c3c1cc(C(C)(C)C)cc3N(c1c(C)cc(-c3cc4ccccc4o3)cc1C)c1oc3ccc(C(C)(C)C)cc3c12. The Balaban J connectivity index is 1.20. The Morgan fingerprint density at radius 2 is 1.04 bits per heavy atom. The van der Waals surface area contributed by atoms with Gasteiger partial charge in [-0.3, -0.25) is 4.90 Å². The Morgan fingerprint density at radius 1 is 0.443 bits per heavy atom. The molecule has 0 fully saturated rings. The maximum absolute atomic E-state index is 7.39. The first-order chi connectivity index (χ1) is 33.2. The van der Waals surface area contributed by atoms with Crippen molar-refractivity contribution in [3.05, 3.63) is 173 Å². The lowest BCUT2D eigenvalue weighted by Crippen LogP contribution is -2.61. The van der Waals surface area contributed by atoms with Crippen molar-refractivity contribution in [1.82, 2.24) is 0 Å². The van der Waals surface area contributed by atoms with E-state index in [9.17, 15) is 0 Å². The Morgan fingerprint density at radius 3 is 1.71 bits per heavy atom. The van der Waals surface area contributed by atoms with Gasteiger partial charge in [0, 0.05) is 49.8 Å². The standard InChI is InChI=1S/C64H61BN2O3/c1-36-26-42(56-31-41-18-14-16-20-53(41)69-56)27-37(2)60(36)67-52-34-45(64(11,12)13)33-51-58(52)65(57-47-32-43(62(5,6)7)23-25-55(47)70-61(57)67)49-24-22-40(48-35-68-54-21-17-15-19-46(48)54)30-50(49)66(51)59-38(3)28-44(29-39(59)4)63(8,9)10/h14-35H,1-13H3. The molecule has 0 aliphatic carbocycles. The van der Waals surface area contributed by atoms with Crippen LogP contribution in [-0.2, 0) is 16.2 Å². The summed E-state index contributed by atoms with van der Waals surface area (Å²) in [6, 6.07) is 47.2. The van der Waals surface area contributed by atoms with E-state index in [1.807, 2.05) is 24.5 Å². The van der Waals surface area contributed by atoms with Gasteiger partial charge in [-0.05, 0) is 160 Å². The number of hydrogen-bond acceptors (Lipinski definition) is 5. The van der Waals surface area contributed by atoms with E-state index >= 15 is 0 Å². The van der Waals surface area contributed by atoms with Crippen LogP contribution in [0.3, 0.4) is 0 Å². The van der Waals surface area contributed by atoms with Gasteiger partial charge in [-0.2, -0.15) is 0 Å². The van der Waals surface area contributed by atoms with E-state index in [1.54, 1.807) is 0 Å². The molecule has 0 N–H and O–H groups in total. The molecule has 0 radical (unpaired) electrons. The number of furan rings is 3. The molecule has 0 saturated heterocycles. The van der Waals surface area contributed by atoms with Crippen LogP contribution in [0.5, 0.6) is 0 Å². The average molecular weight is 917 g/mol. The van der Waals surface area contributed by atoms with Gasteiger partial charge in [0.2, 0.25) is 5.88 Å². The second-order valence-corrected chi connectivity index (χ2v) is 23.3. The monoisotopic (exact) mass is 916 g/mol. The highest BCUT2D eigenvalue weighted by Gasteiger charge is 2.48. The fourth-order valence-corrected chi connectivity index (χ4v) is 11.6. The summed E-state index contributed by atoms with van der Waals surface area (Å²) in [7, 11) is 0. The minimum absolute atomic E-state index is 0.0133. The summed E-state index contributed by atoms with van der Waals surface area (Å²) < 4.78 is 20.1. The van der Waals surface area contributed by atoms with E-state index in [2.05, 4.69) is 209 Å². The number of anilines is 6. The summed E-state index contributed by atoms with van der Waals surface area (Å²) in [5, 5.41) is 3.35. The number of rotatable bonds is 4. The second-order valence-electron chi connectivity index (χ2n) is 23.3. The van der Waals surface area contributed by atoms with Crippen molar-refractivity contribution in [2.45, 2.75) is 106 Å². The van der Waals surface area contributed by atoms with E-state index < -0.39 is 0 Å². The fraction of sp³-hybridized carbons (Fsp3) is 0.250. The zero-order valence-electron chi connectivity index (χ0n) is 42.9. The minimum Gasteiger partial charge on any atom is -0.464 e. The van der Waals surface area contributed by atoms with Crippen LogP contribution < -0.4 is 26.2 Å². The van der Waals surface area contributed by atoms with Crippen molar-refractivity contribution in [2.24, 2.45) is 0 Å². The first-order valence-corrected chi connectivity index (χ1v) is 24.9. The van der Waals surface area contributed by atoms with E-state index in [4.69, 9.17) is 13.3 Å². The fourth-order valence-electron chi connectivity index (χ4n) is 11.6. The van der Waals surface area contributed by atoms with E-state index in [0.717, 1.165) is 89.4 Å². The zero-order valence-corrected chi connectivity index (χ0v) is 42.9. The number of nitrogens with zero attached hydrogens (tertiary/aromatic N) is 2. The molecule has 348 valence electrons. The van der Waals surface area contributed by atoms with Gasteiger partial charge >= 0.3 is 0 Å². The molecule has 12 rings (SSSR count). The smallest absolute Gasteiger partial charge is 0.257 e. The molecule has 0 unspecified atom stereocenters. The number of para-hydroxylation sites is 2. The van der Waals surface area contributed by atoms with Crippen molar-refractivity contribution < 1.29 is 13.3 Å². The molecule has 70 heavy (non-hydrogen) atoms. The van der Waals surface area contributed by atoms with Crippen LogP contribution >= 0.6 is 0 Å². The van der Waals surface area contributed by atoms with Gasteiger partial charge in [-0.15, -0.1) is 0 Å². The quantitative estimate of drug-likeness (QED) is 0.165. The molecule has 6 heteroatoms. The molecule has 0 bridgehead atoms. The normalized spacial score (nSPS) is 13.7. The molecule has 0 spiro atoms. The van der Waals surface area contributed by atoms with Gasteiger partial charge in [0.1, 0.15) is 22.5 Å². The largest absolute Gasteiger partial charge is 0.464 e. The maximum atomic E-state index is 7.39. The summed E-state index contributed by atoms with van der Waals surface area (Å²) in [5.74, 6) is 1.73. The molecular formula is C64H61BN2O3. The average Bonchev–Trinajstić information content (AvgIpc) is 4.04. The third-order valence-corrected chi connectivity index (χ3v) is 15.2. The molecule has 3 aromatic heterocycles. The third-order valence-electron chi connectivity index (χ3n) is 15.2. The molecule has 2 aliphatic rings. The number of fused-ring (bicyclic) bond motifs is 8. The predicted octanol–water partition coefficient (Wildman–Crippen LogP) is 16.5. The highest BCUT2D eigenvalue weighted by atomic mass is 16.4. The van der Waals surface area contributed by atoms with Crippen molar-refractivity contribution in [1.29, 1.82) is 0 Å². The molecule has 0 atom stereocenters. The number of aryl methyl sites for hydroxylation is 4. The summed E-state index contributed by atoms with van der Waals surface area (Å²) in [4.78, 5) is 5.08. The van der Waals surface area contributed by atoms with Crippen molar-refractivity contribution >= 4 is 90.3 Å². The Kier molecular flexibility index (Phi) is 9.54. The molecule has 0 amide bonds. The Labute approximate surface area is 412 Å². The van der Waals surface area contributed by atoms with E-state index in [1.165, 1.54) is 55.6 Å². The molecule has 5 nitrogen and oxygen atoms in total. The summed E-state index contributed by atoms with van der Waals surface area (Å²) in [6.45, 7) is 29.8. The number of benzene rings is 7. The molecule has 5 heterocycles. The number of hydrogen-bond donors (Lipinski definition) is 0. The lowest BCUT2D eigenvalue weighted by Gasteiger charge is -2.45. The van der Waals surface area contributed by atoms with Crippen LogP contribution in [0.1, 0.15) is 101 Å². The highest BCUT2D eigenvalue weighted by molar-refractivity contribution is 7.01. The lowest BCUT2D eigenvalue weighted by atomic mass is 9.33. The van der Waals surface area contributed by atoms with Gasteiger partial charge < -0.3 is 18.2 Å². The van der Waals surface area contributed by atoms with E-state index in [-0.39, 0.29) is 23.0 Å². The molecule has 0 saturated carbocycles. The summed E-state index contributed by atoms with van der Waals surface area (Å²) in [5.41, 5.74) is 23.8. The molecule has 7 aromatic carbocycles. The first kappa shape index (κ1) is 44.1. The zero-order chi connectivity index (χ0) is 48.9. The minimum atomic E-state index is -0.193. The van der Waals surface area contributed by atoms with Crippen LogP contribution in [0.15, 0.2) is 147 Å². The van der Waals surface area contributed by atoms with Gasteiger partial charge in [0.05, 0.1) is 17.6 Å². The second kappa shape index (κ2) is 15.2. The van der Waals surface area contributed by atoms with Crippen molar-refractivity contribution in [2.75, 3.05) is 9.80 Å². The summed E-state index contributed by atoms with van der Waals surface area (Å²) in [6.07, 6.45) is 1.93. The lowest BCUT2D eigenvalue weighted by molar-refractivity contribution is 0.588. The maximum Gasteiger partial charge on any atom is 0.257 e. The van der Waals surface area contributed by atoms with Gasteiger partial charge in [0.25, 0.3) is 6.71 Å². The van der Waals surface area contributed by atoms with Crippen LogP contribution in [-0.4, -0.2) is 6.71 Å². The highest BCUT2D eigenvalue weighted by Crippen LogP contribution is 2.51.